The van der Waals surface area contributed by atoms with Crippen LogP contribution in [-0.2, 0) is 9.59 Å². The summed E-state index contributed by atoms with van der Waals surface area (Å²) in [6.07, 6.45) is 2.95. The third kappa shape index (κ3) is 4.23. The Morgan fingerprint density at radius 3 is 1.74 bits per heavy atom. The minimum absolute atomic E-state index is 0.226. The molecule has 0 aromatic heterocycles. The van der Waals surface area contributed by atoms with Crippen molar-refractivity contribution in [3.05, 3.63) is 69.7 Å². The van der Waals surface area contributed by atoms with Crippen molar-refractivity contribution in [3.8, 4) is 0 Å². The molecular weight excluding hydrogens is 439 g/mol. The normalized spacial score (nSPS) is 20.5. The van der Waals surface area contributed by atoms with Crippen LogP contribution in [0.2, 0.25) is 10.0 Å². The Hall–Kier alpha value is -2.70. The molecule has 31 heavy (non-hydrogen) atoms. The van der Waals surface area contributed by atoms with Crippen LogP contribution in [0.5, 0.6) is 0 Å². The van der Waals surface area contributed by atoms with E-state index < -0.39 is 41.9 Å². The summed E-state index contributed by atoms with van der Waals surface area (Å²) in [5, 5.41) is 2.79. The van der Waals surface area contributed by atoms with Gasteiger partial charge in [0, 0.05) is 21.2 Å². The number of hydrogen-bond acceptors (Lipinski definition) is 4. The van der Waals surface area contributed by atoms with Crippen LogP contribution in [0, 0.1) is 11.8 Å². The molecule has 1 aliphatic carbocycles. The van der Waals surface area contributed by atoms with Crippen LogP contribution in [0.25, 0.3) is 0 Å². The Kier molecular flexibility index (Phi) is 6.12. The van der Waals surface area contributed by atoms with Gasteiger partial charge in [0.2, 0.25) is 0 Å². The van der Waals surface area contributed by atoms with Crippen molar-refractivity contribution in [2.75, 3.05) is 6.54 Å². The van der Waals surface area contributed by atoms with E-state index in [4.69, 9.17) is 23.2 Å². The second-order valence-electron chi connectivity index (χ2n) is 7.79. The highest BCUT2D eigenvalue weighted by atomic mass is 35.5. The van der Waals surface area contributed by atoms with Gasteiger partial charge in [0.05, 0.1) is 11.8 Å². The van der Waals surface area contributed by atoms with Gasteiger partial charge in [-0.2, -0.15) is 5.01 Å². The fraction of sp³-hybridized carbons (Fsp3) is 0.304. The summed E-state index contributed by atoms with van der Waals surface area (Å²) < 4.78 is 0. The van der Waals surface area contributed by atoms with E-state index >= 15 is 0 Å². The van der Waals surface area contributed by atoms with E-state index in [-0.39, 0.29) is 5.56 Å². The van der Waals surface area contributed by atoms with E-state index in [1.165, 1.54) is 12.1 Å². The molecule has 2 aromatic rings. The number of hydrogen-bond donors (Lipinski definition) is 0. The molecule has 4 rings (SSSR count). The van der Waals surface area contributed by atoms with Crippen LogP contribution >= 0.6 is 23.2 Å². The van der Waals surface area contributed by atoms with Gasteiger partial charge in [-0.15, -0.1) is 0 Å². The van der Waals surface area contributed by atoms with Crippen molar-refractivity contribution in [1.82, 2.24) is 10.0 Å². The highest BCUT2D eigenvalue weighted by Gasteiger charge is 2.51. The van der Waals surface area contributed by atoms with E-state index in [2.05, 4.69) is 0 Å². The van der Waals surface area contributed by atoms with E-state index in [0.29, 0.717) is 28.5 Å². The maximum absolute atomic E-state index is 13.3. The molecule has 2 aromatic carbocycles. The van der Waals surface area contributed by atoms with Crippen molar-refractivity contribution in [2.24, 2.45) is 11.8 Å². The van der Waals surface area contributed by atoms with Crippen LogP contribution in [0.3, 0.4) is 0 Å². The first-order valence-corrected chi connectivity index (χ1v) is 10.9. The minimum Gasteiger partial charge on any atom is -0.292 e. The van der Waals surface area contributed by atoms with Crippen molar-refractivity contribution < 1.29 is 19.2 Å². The largest absolute Gasteiger partial charge is 0.292 e. The van der Waals surface area contributed by atoms with Gasteiger partial charge in [-0.3, -0.25) is 19.2 Å². The third-order valence-electron chi connectivity index (χ3n) is 5.84. The Morgan fingerprint density at radius 2 is 1.26 bits per heavy atom. The van der Waals surface area contributed by atoms with Gasteiger partial charge in [0.15, 0.2) is 5.78 Å². The molecule has 160 valence electrons. The molecule has 0 spiro atoms. The maximum atomic E-state index is 13.3. The number of fused-ring (bicyclic) bond motifs is 1. The number of ketones is 1. The number of carbonyl (C=O) groups is 4. The number of imide groups is 1. The molecular formula is C23H20Cl2N2O4. The summed E-state index contributed by atoms with van der Waals surface area (Å²) in [6, 6.07) is 12.3. The quantitative estimate of drug-likeness (QED) is 0.491. The summed E-state index contributed by atoms with van der Waals surface area (Å²) in [6.45, 7) is -0.444. The lowest BCUT2D eigenvalue weighted by Gasteiger charge is -2.30. The predicted molar refractivity (Wildman–Crippen MR) is 116 cm³/mol. The van der Waals surface area contributed by atoms with Crippen LogP contribution in [0.4, 0.5) is 0 Å². The average Bonchev–Trinajstić information content (AvgIpc) is 3.03. The highest BCUT2D eigenvalue weighted by molar-refractivity contribution is 6.31. The number of nitrogens with zero attached hydrogens (tertiary/aromatic N) is 2. The maximum Gasteiger partial charge on any atom is 0.273 e. The zero-order chi connectivity index (χ0) is 22.1. The third-order valence-corrected chi connectivity index (χ3v) is 6.35. The van der Waals surface area contributed by atoms with Crippen molar-refractivity contribution in [1.29, 1.82) is 0 Å². The number of halogens is 2. The first kappa shape index (κ1) is 21.5. The molecule has 2 aliphatic rings. The predicted octanol–water partition coefficient (Wildman–Crippen LogP) is 4.41. The molecule has 0 radical (unpaired) electrons. The Labute approximate surface area is 189 Å². The molecule has 1 saturated carbocycles. The summed E-state index contributed by atoms with van der Waals surface area (Å²) in [5.41, 5.74) is 0.554. The summed E-state index contributed by atoms with van der Waals surface area (Å²) >= 11 is 11.8. The lowest BCUT2D eigenvalue weighted by molar-refractivity contribution is -0.154. The SMILES string of the molecule is O=C(CN(C(=O)c1ccc(Cl)cc1)N1C(=O)[C@H]2CCCC[C@@H]2C1=O)c1ccc(Cl)cc1. The van der Waals surface area contributed by atoms with Crippen molar-refractivity contribution in [2.45, 2.75) is 25.7 Å². The van der Waals surface area contributed by atoms with E-state index in [1.54, 1.807) is 36.4 Å². The fourth-order valence-electron chi connectivity index (χ4n) is 4.22. The van der Waals surface area contributed by atoms with Gasteiger partial charge < -0.3 is 0 Å². The molecule has 3 amide bonds. The molecule has 6 nitrogen and oxygen atoms in total. The Bertz CT molecular complexity index is 1010. The van der Waals surface area contributed by atoms with Crippen molar-refractivity contribution >= 4 is 46.7 Å². The Morgan fingerprint density at radius 1 is 0.806 bits per heavy atom. The van der Waals surface area contributed by atoms with Crippen LogP contribution < -0.4 is 0 Å². The second-order valence-corrected chi connectivity index (χ2v) is 8.66. The Balaban J connectivity index is 1.68. The van der Waals surface area contributed by atoms with Crippen LogP contribution in [0.1, 0.15) is 46.4 Å². The van der Waals surface area contributed by atoms with E-state index in [9.17, 15) is 19.2 Å². The summed E-state index contributed by atoms with van der Waals surface area (Å²) in [7, 11) is 0. The first-order valence-electron chi connectivity index (χ1n) is 10.1. The van der Waals surface area contributed by atoms with Gasteiger partial charge >= 0.3 is 0 Å². The topological polar surface area (TPSA) is 74.8 Å². The molecule has 1 heterocycles. The molecule has 0 N–H and O–H groups in total. The fourth-order valence-corrected chi connectivity index (χ4v) is 4.47. The molecule has 0 bridgehead atoms. The molecule has 8 heteroatoms. The summed E-state index contributed by atoms with van der Waals surface area (Å²) in [4.78, 5) is 52.5. The lowest BCUT2D eigenvalue weighted by Crippen LogP contribution is -2.52. The molecule has 1 saturated heterocycles. The van der Waals surface area contributed by atoms with Crippen LogP contribution in [-0.4, -0.2) is 40.1 Å². The van der Waals surface area contributed by atoms with Crippen LogP contribution in [0.15, 0.2) is 48.5 Å². The standard InChI is InChI=1S/C23H20Cl2N2O4/c24-16-9-5-14(6-10-16)20(28)13-26(21(29)15-7-11-17(25)12-8-15)27-22(30)18-3-1-2-4-19(18)23(27)31/h5-12,18-19H,1-4,13H2/t18-,19-/m0/s1. The average molecular weight is 459 g/mol. The van der Waals surface area contributed by atoms with E-state index in [0.717, 1.165) is 22.9 Å². The molecule has 2 atom stereocenters. The van der Waals surface area contributed by atoms with Gasteiger partial charge in [-0.1, -0.05) is 36.0 Å². The number of rotatable bonds is 5. The number of Topliss-reactive ketones (excluding diaryl/α,β-unsaturated/α-hetero) is 1. The summed E-state index contributed by atoms with van der Waals surface area (Å²) in [5.74, 6) is -2.73. The first-order chi connectivity index (χ1) is 14.9. The van der Waals surface area contributed by atoms with Crippen molar-refractivity contribution in [3.63, 3.8) is 0 Å². The molecule has 2 fully saturated rings. The molecule has 0 unspecified atom stereocenters. The number of amides is 3. The van der Waals surface area contributed by atoms with Gasteiger partial charge in [0.25, 0.3) is 17.7 Å². The minimum atomic E-state index is -0.612. The van der Waals surface area contributed by atoms with Gasteiger partial charge in [-0.05, 0) is 61.4 Å². The smallest absolute Gasteiger partial charge is 0.273 e. The highest BCUT2D eigenvalue weighted by Crippen LogP contribution is 2.39. The number of carbonyl (C=O) groups excluding carboxylic acids is 4. The number of benzene rings is 2. The second kappa shape index (κ2) is 8.81. The zero-order valence-electron chi connectivity index (χ0n) is 16.6. The monoisotopic (exact) mass is 458 g/mol. The van der Waals surface area contributed by atoms with Gasteiger partial charge in [0.1, 0.15) is 6.54 Å². The van der Waals surface area contributed by atoms with Gasteiger partial charge in [-0.25, -0.2) is 5.01 Å². The molecule has 1 aliphatic heterocycles. The number of hydrazine groups is 1. The zero-order valence-corrected chi connectivity index (χ0v) is 18.1. The lowest BCUT2D eigenvalue weighted by atomic mass is 9.81. The van der Waals surface area contributed by atoms with E-state index in [1.807, 2.05) is 0 Å².